The van der Waals surface area contributed by atoms with Crippen LogP contribution in [0, 0.1) is 6.92 Å². The van der Waals surface area contributed by atoms with E-state index in [-0.39, 0.29) is 48.1 Å². The zero-order chi connectivity index (χ0) is 22.9. The van der Waals surface area contributed by atoms with Gasteiger partial charge in [0.2, 0.25) is 0 Å². The van der Waals surface area contributed by atoms with E-state index in [2.05, 4.69) is 15.0 Å². The van der Waals surface area contributed by atoms with Crippen molar-refractivity contribution in [3.8, 4) is 0 Å². The van der Waals surface area contributed by atoms with E-state index in [4.69, 9.17) is 19.7 Å². The normalized spacial score (nSPS) is 34.4. The largest absolute Gasteiger partial charge is 1.00 e. The number of carboxylic acids is 1. The maximum absolute atomic E-state index is 12.1. The van der Waals surface area contributed by atoms with Gasteiger partial charge in [0, 0.05) is 23.1 Å². The number of nitrogens with zero attached hydrogens (tertiary/aromatic N) is 4. The Labute approximate surface area is 201 Å². The molecule has 2 aliphatic heterocycles. The number of nitrogens with one attached hydrogen (secondary N) is 1. The third-order valence-electron chi connectivity index (χ3n) is 5.09. The number of carbonyl (C=O) groups is 1. The van der Waals surface area contributed by atoms with Crippen molar-refractivity contribution in [3.63, 3.8) is 0 Å². The third-order valence-corrected chi connectivity index (χ3v) is 5.09. The van der Waals surface area contributed by atoms with Crippen molar-refractivity contribution in [1.82, 2.24) is 9.55 Å². The Balaban J connectivity index is 0.00000363. The van der Waals surface area contributed by atoms with Crippen molar-refractivity contribution in [1.29, 1.82) is 0 Å². The number of rotatable bonds is 6. The first kappa shape index (κ1) is 26.5. The summed E-state index contributed by atoms with van der Waals surface area (Å²) in [5.41, 5.74) is 7.76. The van der Waals surface area contributed by atoms with Crippen LogP contribution >= 0.6 is 0 Å². The van der Waals surface area contributed by atoms with Crippen molar-refractivity contribution < 1.29 is 69.0 Å². The molecule has 3 rings (SSSR count). The maximum Gasteiger partial charge on any atom is 1.00 e. The van der Waals surface area contributed by atoms with E-state index < -0.39 is 66.3 Å². The van der Waals surface area contributed by atoms with Crippen molar-refractivity contribution in [2.24, 2.45) is 5.11 Å². The number of hydrogen-bond donors (Lipinski definition) is 4. The Morgan fingerprint density at radius 1 is 1.34 bits per heavy atom. The van der Waals surface area contributed by atoms with E-state index in [9.17, 15) is 34.8 Å². The first-order valence-corrected chi connectivity index (χ1v) is 9.18. The fourth-order valence-electron chi connectivity index (χ4n) is 3.39. The second-order valence-electron chi connectivity index (χ2n) is 7.17. The van der Waals surface area contributed by atoms with E-state index in [0.717, 1.165) is 4.57 Å². The average molecular weight is 465 g/mol. The molecule has 1 aromatic heterocycles. The minimum absolute atomic E-state index is 0. The molecule has 0 aromatic carbocycles. The van der Waals surface area contributed by atoms with Crippen LogP contribution in [-0.2, 0) is 19.0 Å². The number of aromatic amines is 1. The molecule has 2 fully saturated rings. The van der Waals surface area contributed by atoms with Gasteiger partial charge in [-0.05, 0) is 12.5 Å². The van der Waals surface area contributed by atoms with Gasteiger partial charge < -0.3 is 39.4 Å². The number of azide groups is 1. The number of H-pyrrole nitrogens is 1. The molecule has 8 atom stereocenters. The van der Waals surface area contributed by atoms with E-state index in [1.54, 1.807) is 0 Å². The van der Waals surface area contributed by atoms with Gasteiger partial charge in [0.25, 0.3) is 5.56 Å². The number of aliphatic hydroxyl groups is 3. The van der Waals surface area contributed by atoms with Crippen LogP contribution in [0.1, 0.15) is 18.2 Å². The van der Waals surface area contributed by atoms with E-state index in [1.807, 2.05) is 0 Å². The van der Waals surface area contributed by atoms with Gasteiger partial charge in [-0.3, -0.25) is 14.3 Å². The summed E-state index contributed by atoms with van der Waals surface area (Å²) in [6.07, 6.45) is -9.71. The summed E-state index contributed by atoms with van der Waals surface area (Å²) in [7, 11) is 0. The molecule has 16 heteroatoms. The van der Waals surface area contributed by atoms with Crippen LogP contribution in [0.15, 0.2) is 20.9 Å². The molecular weight excluding hydrogens is 445 g/mol. The number of hydrogen-bond acceptors (Lipinski definition) is 11. The SMILES string of the molecule is Cc1cn(C2CC(N=[N+]=[N-])C(COC3OC(C(=O)[O-])C(O)C(O)C3O)O2)c(=O)[nH]c1=O.[Na+]. The van der Waals surface area contributed by atoms with Gasteiger partial charge in [-0.1, -0.05) is 5.11 Å². The van der Waals surface area contributed by atoms with Gasteiger partial charge in [0.1, 0.15) is 30.6 Å². The molecular formula is C16H20N5NaO10. The first-order valence-electron chi connectivity index (χ1n) is 9.18. The molecule has 3 heterocycles. The number of aromatic nitrogens is 2. The van der Waals surface area contributed by atoms with Crippen molar-refractivity contribution in [2.45, 2.75) is 62.4 Å². The summed E-state index contributed by atoms with van der Waals surface area (Å²) in [5.74, 6) is -1.82. The van der Waals surface area contributed by atoms with Crippen molar-refractivity contribution in [2.75, 3.05) is 6.61 Å². The molecule has 170 valence electrons. The summed E-state index contributed by atoms with van der Waals surface area (Å²) >= 11 is 0. The zero-order valence-electron chi connectivity index (χ0n) is 17.1. The molecule has 0 bridgehead atoms. The van der Waals surface area contributed by atoms with Gasteiger partial charge in [-0.2, -0.15) is 0 Å². The second kappa shape index (κ2) is 10.9. The fourth-order valence-corrected chi connectivity index (χ4v) is 3.39. The van der Waals surface area contributed by atoms with Crippen LogP contribution in [0.25, 0.3) is 10.4 Å². The fraction of sp³-hybridized carbons (Fsp3) is 0.688. The molecule has 1 aromatic rings. The van der Waals surface area contributed by atoms with Gasteiger partial charge in [-0.25, -0.2) is 4.79 Å². The third kappa shape index (κ3) is 5.40. The van der Waals surface area contributed by atoms with Gasteiger partial charge >= 0.3 is 35.2 Å². The smallest absolute Gasteiger partial charge is 0.547 e. The van der Waals surface area contributed by atoms with Crippen molar-refractivity contribution >= 4 is 5.97 Å². The minimum Gasteiger partial charge on any atom is -0.547 e. The first-order chi connectivity index (χ1) is 14.6. The number of carboxylic acid groups (broad SMARTS) is 1. The predicted octanol–water partition coefficient (Wildman–Crippen LogP) is -6.61. The Morgan fingerprint density at radius 3 is 2.66 bits per heavy atom. The number of ether oxygens (including phenoxy) is 3. The summed E-state index contributed by atoms with van der Waals surface area (Å²) in [5, 5.41) is 44.1. The molecule has 0 aliphatic carbocycles. The summed E-state index contributed by atoms with van der Waals surface area (Å²) < 4.78 is 17.1. The number of aliphatic hydroxyl groups excluding tert-OH is 3. The molecule has 2 aliphatic rings. The topological polar surface area (TPSA) is 232 Å². The predicted molar refractivity (Wildman–Crippen MR) is 95.2 cm³/mol. The molecule has 0 radical (unpaired) electrons. The summed E-state index contributed by atoms with van der Waals surface area (Å²) in [6.45, 7) is 1.10. The molecule has 15 nitrogen and oxygen atoms in total. The number of aryl methyl sites for hydroxylation is 1. The summed E-state index contributed by atoms with van der Waals surface area (Å²) in [6, 6.07) is -0.817. The average Bonchev–Trinajstić information content (AvgIpc) is 3.11. The molecule has 0 saturated carbocycles. The Kier molecular flexibility index (Phi) is 9.01. The van der Waals surface area contributed by atoms with E-state index >= 15 is 0 Å². The maximum atomic E-state index is 12.1. The van der Waals surface area contributed by atoms with Crippen LogP contribution in [0.2, 0.25) is 0 Å². The molecule has 32 heavy (non-hydrogen) atoms. The van der Waals surface area contributed by atoms with Crippen LogP contribution in [0.3, 0.4) is 0 Å². The quantitative estimate of drug-likeness (QED) is 0.134. The zero-order valence-corrected chi connectivity index (χ0v) is 19.1. The summed E-state index contributed by atoms with van der Waals surface area (Å²) in [4.78, 5) is 39.6. The standard InChI is InChI=1S/C16H21N5O10.Na/c1-5-3-21(16(28)18-13(5)25)8-2-6(19-20-17)7(30-8)4-29-15-11(24)9(22)10(23)12(31-15)14(26)27;/h3,6-12,15,22-24H,2,4H2,1H3,(H,26,27)(H,18,25,28);/q;+1/p-1. The molecule has 4 N–H and O–H groups in total. The number of carbonyl (C=O) groups excluding carboxylic acids is 1. The molecule has 0 spiro atoms. The van der Waals surface area contributed by atoms with E-state index in [1.165, 1.54) is 13.1 Å². The van der Waals surface area contributed by atoms with Crippen LogP contribution in [0.4, 0.5) is 0 Å². The second-order valence-corrected chi connectivity index (χ2v) is 7.17. The van der Waals surface area contributed by atoms with Crippen molar-refractivity contribution in [3.05, 3.63) is 43.0 Å². The Morgan fingerprint density at radius 2 is 2.03 bits per heavy atom. The number of aliphatic carboxylic acids is 1. The van der Waals surface area contributed by atoms with Gasteiger partial charge in [0.05, 0.1) is 24.7 Å². The minimum atomic E-state index is -1.95. The van der Waals surface area contributed by atoms with Crippen LogP contribution in [0.5, 0.6) is 0 Å². The Hall–Kier alpha value is -1.78. The monoisotopic (exact) mass is 465 g/mol. The van der Waals surface area contributed by atoms with Gasteiger partial charge in [0.15, 0.2) is 6.29 Å². The van der Waals surface area contributed by atoms with E-state index in [0.29, 0.717) is 0 Å². The van der Waals surface area contributed by atoms with Gasteiger partial charge in [-0.15, -0.1) is 0 Å². The molecule has 0 amide bonds. The molecule has 8 unspecified atom stereocenters. The molecule has 2 saturated heterocycles. The van der Waals surface area contributed by atoms with Crippen LogP contribution < -0.4 is 45.9 Å². The van der Waals surface area contributed by atoms with Crippen LogP contribution in [-0.4, -0.2) is 80.3 Å². The Bertz CT molecular complexity index is 994.